The van der Waals surface area contributed by atoms with Gasteiger partial charge in [0.1, 0.15) is 5.54 Å². The van der Waals surface area contributed by atoms with Crippen LogP contribution in [-0.2, 0) is 5.54 Å². The van der Waals surface area contributed by atoms with Gasteiger partial charge in [-0.25, -0.2) is 0 Å². The van der Waals surface area contributed by atoms with E-state index in [4.69, 9.17) is 0 Å². The summed E-state index contributed by atoms with van der Waals surface area (Å²) in [5.41, 5.74) is 1.20. The van der Waals surface area contributed by atoms with Gasteiger partial charge in [0.2, 0.25) is 0 Å². The number of hydrogen-bond acceptors (Lipinski definition) is 2. The van der Waals surface area contributed by atoms with Crippen LogP contribution in [-0.4, -0.2) is 0 Å². The summed E-state index contributed by atoms with van der Waals surface area (Å²) < 4.78 is 0. The van der Waals surface area contributed by atoms with Crippen LogP contribution < -0.4 is 5.32 Å². The highest BCUT2D eigenvalue weighted by Crippen LogP contribution is 2.24. The molecule has 2 nitrogen and oxygen atoms in total. The first kappa shape index (κ1) is 11.2. The van der Waals surface area contributed by atoms with Crippen LogP contribution in [0, 0.1) is 11.3 Å². The molecule has 0 heterocycles. The molecule has 1 atom stereocenters. The maximum Gasteiger partial charge on any atom is 0.148 e. The van der Waals surface area contributed by atoms with E-state index in [0.717, 1.165) is 11.3 Å². The summed E-state index contributed by atoms with van der Waals surface area (Å²) in [7, 11) is 0. The topological polar surface area (TPSA) is 35.8 Å². The molecule has 0 aromatic heterocycles. The van der Waals surface area contributed by atoms with Crippen molar-refractivity contribution in [1.29, 1.82) is 5.26 Å². The Morgan fingerprint density at radius 2 is 1.47 bits per heavy atom. The van der Waals surface area contributed by atoms with Crippen molar-refractivity contribution in [3.63, 3.8) is 0 Å². The van der Waals surface area contributed by atoms with Crippen LogP contribution in [0.1, 0.15) is 12.5 Å². The van der Waals surface area contributed by atoms with Crippen molar-refractivity contribution in [2.75, 3.05) is 5.32 Å². The molecule has 84 valence electrons. The van der Waals surface area contributed by atoms with Gasteiger partial charge in [-0.1, -0.05) is 48.5 Å². The number of benzene rings is 2. The van der Waals surface area contributed by atoms with Gasteiger partial charge < -0.3 is 5.32 Å². The molecule has 0 amide bonds. The van der Waals surface area contributed by atoms with Crippen LogP contribution in [0.2, 0.25) is 0 Å². The van der Waals surface area contributed by atoms with Crippen molar-refractivity contribution in [2.24, 2.45) is 0 Å². The molecule has 2 aromatic rings. The summed E-state index contributed by atoms with van der Waals surface area (Å²) in [6.07, 6.45) is 0. The Morgan fingerprint density at radius 3 is 2.00 bits per heavy atom. The molecule has 0 spiro atoms. The van der Waals surface area contributed by atoms with Crippen LogP contribution in [0.3, 0.4) is 0 Å². The summed E-state index contributed by atoms with van der Waals surface area (Å²) in [6.45, 7) is 1.88. The second-order valence-corrected chi connectivity index (χ2v) is 4.09. The molecule has 0 fully saturated rings. The van der Waals surface area contributed by atoms with Crippen molar-refractivity contribution in [3.05, 3.63) is 66.2 Å². The Hall–Kier alpha value is -2.27. The molecular formula is C15H14N2. The maximum atomic E-state index is 9.39. The van der Waals surface area contributed by atoms with Gasteiger partial charge in [0.25, 0.3) is 0 Å². The normalized spacial score (nSPS) is 13.4. The predicted molar refractivity (Wildman–Crippen MR) is 69.5 cm³/mol. The Labute approximate surface area is 102 Å². The average Bonchev–Trinajstić information content (AvgIpc) is 2.41. The van der Waals surface area contributed by atoms with Crippen molar-refractivity contribution in [3.8, 4) is 6.07 Å². The van der Waals surface area contributed by atoms with Gasteiger partial charge >= 0.3 is 0 Å². The fourth-order valence-electron chi connectivity index (χ4n) is 1.75. The third kappa shape index (κ3) is 2.46. The van der Waals surface area contributed by atoms with E-state index in [1.807, 2.05) is 67.6 Å². The lowest BCUT2D eigenvalue weighted by atomic mass is 9.93. The summed E-state index contributed by atoms with van der Waals surface area (Å²) in [6, 6.07) is 21.8. The molecule has 0 aliphatic rings. The lowest BCUT2D eigenvalue weighted by Gasteiger charge is -2.25. The lowest BCUT2D eigenvalue weighted by Crippen LogP contribution is -2.29. The first-order chi connectivity index (χ1) is 8.24. The molecule has 2 aromatic carbocycles. The molecular weight excluding hydrogens is 208 g/mol. The van der Waals surface area contributed by atoms with E-state index in [2.05, 4.69) is 11.4 Å². The first-order valence-electron chi connectivity index (χ1n) is 5.54. The van der Waals surface area contributed by atoms with Gasteiger partial charge in [0.05, 0.1) is 6.07 Å². The zero-order valence-corrected chi connectivity index (χ0v) is 9.72. The van der Waals surface area contributed by atoms with E-state index in [-0.39, 0.29) is 0 Å². The molecule has 0 bridgehead atoms. The highest BCUT2D eigenvalue weighted by atomic mass is 15.0. The van der Waals surface area contributed by atoms with Gasteiger partial charge in [-0.15, -0.1) is 0 Å². The van der Waals surface area contributed by atoms with Gasteiger partial charge in [-0.05, 0) is 24.6 Å². The highest BCUT2D eigenvalue weighted by molar-refractivity contribution is 5.50. The molecule has 1 N–H and O–H groups in total. The molecule has 0 aliphatic carbocycles. The zero-order chi connectivity index (χ0) is 12.1. The largest absolute Gasteiger partial charge is 0.364 e. The summed E-state index contributed by atoms with van der Waals surface area (Å²) >= 11 is 0. The minimum absolute atomic E-state index is 0.706. The Kier molecular flexibility index (Phi) is 3.11. The first-order valence-corrected chi connectivity index (χ1v) is 5.54. The Balaban J connectivity index is 2.31. The number of nitriles is 1. The molecule has 0 saturated heterocycles. The van der Waals surface area contributed by atoms with Gasteiger partial charge in [-0.3, -0.25) is 0 Å². The molecule has 17 heavy (non-hydrogen) atoms. The van der Waals surface area contributed by atoms with E-state index in [1.54, 1.807) is 0 Å². The third-order valence-corrected chi connectivity index (χ3v) is 2.74. The van der Waals surface area contributed by atoms with Crippen LogP contribution in [0.5, 0.6) is 0 Å². The van der Waals surface area contributed by atoms with E-state index in [0.29, 0.717) is 0 Å². The molecule has 2 heteroatoms. The second kappa shape index (κ2) is 4.71. The summed E-state index contributed by atoms with van der Waals surface area (Å²) in [5.74, 6) is 0. The van der Waals surface area contributed by atoms with Gasteiger partial charge in [0, 0.05) is 5.69 Å². The fourth-order valence-corrected chi connectivity index (χ4v) is 1.75. The zero-order valence-electron chi connectivity index (χ0n) is 9.72. The molecule has 2 rings (SSSR count). The quantitative estimate of drug-likeness (QED) is 0.862. The monoisotopic (exact) mass is 222 g/mol. The van der Waals surface area contributed by atoms with E-state index < -0.39 is 5.54 Å². The highest BCUT2D eigenvalue weighted by Gasteiger charge is 2.25. The number of hydrogen-bond donors (Lipinski definition) is 1. The summed E-state index contributed by atoms with van der Waals surface area (Å²) in [5, 5.41) is 12.6. The minimum atomic E-state index is -0.706. The lowest BCUT2D eigenvalue weighted by molar-refractivity contribution is 0.706. The molecule has 0 unspecified atom stereocenters. The van der Waals surface area contributed by atoms with Crippen molar-refractivity contribution in [2.45, 2.75) is 12.5 Å². The smallest absolute Gasteiger partial charge is 0.148 e. The number of para-hydroxylation sites is 1. The third-order valence-electron chi connectivity index (χ3n) is 2.74. The predicted octanol–water partition coefficient (Wildman–Crippen LogP) is 3.54. The van der Waals surface area contributed by atoms with Crippen molar-refractivity contribution >= 4 is 5.69 Å². The number of anilines is 1. The van der Waals surface area contributed by atoms with E-state index in [9.17, 15) is 5.26 Å². The molecule has 0 saturated carbocycles. The Bertz CT molecular complexity index is 514. The minimum Gasteiger partial charge on any atom is -0.364 e. The van der Waals surface area contributed by atoms with Crippen molar-refractivity contribution < 1.29 is 0 Å². The van der Waals surface area contributed by atoms with E-state index >= 15 is 0 Å². The van der Waals surface area contributed by atoms with Gasteiger partial charge in [0.15, 0.2) is 0 Å². The van der Waals surface area contributed by atoms with Gasteiger partial charge in [-0.2, -0.15) is 5.26 Å². The van der Waals surface area contributed by atoms with Crippen molar-refractivity contribution in [1.82, 2.24) is 0 Å². The number of nitrogens with one attached hydrogen (secondary N) is 1. The molecule has 0 radical (unpaired) electrons. The number of nitrogens with zero attached hydrogens (tertiary/aromatic N) is 1. The van der Waals surface area contributed by atoms with Crippen LogP contribution in [0.25, 0.3) is 0 Å². The van der Waals surface area contributed by atoms with Crippen LogP contribution >= 0.6 is 0 Å². The van der Waals surface area contributed by atoms with Crippen LogP contribution in [0.15, 0.2) is 60.7 Å². The second-order valence-electron chi connectivity index (χ2n) is 4.09. The number of rotatable bonds is 3. The standard InChI is InChI=1S/C15H14N2/c1-15(12-16,13-8-4-2-5-9-13)17-14-10-6-3-7-11-14/h2-11,17H,1H3/t15-/m0/s1. The SMILES string of the molecule is C[C@@](C#N)(Nc1ccccc1)c1ccccc1. The average molecular weight is 222 g/mol. The Morgan fingerprint density at radius 1 is 0.941 bits per heavy atom. The maximum absolute atomic E-state index is 9.39. The van der Waals surface area contributed by atoms with E-state index in [1.165, 1.54) is 0 Å². The summed E-state index contributed by atoms with van der Waals surface area (Å²) in [4.78, 5) is 0. The van der Waals surface area contributed by atoms with Crippen LogP contribution in [0.4, 0.5) is 5.69 Å². The fraction of sp³-hybridized carbons (Fsp3) is 0.133. The molecule has 0 aliphatic heterocycles.